The molecule has 0 radical (unpaired) electrons. The number of amides is 2. The Hall–Kier alpha value is -2.60. The fourth-order valence-corrected chi connectivity index (χ4v) is 3.02. The van der Waals surface area contributed by atoms with Crippen molar-refractivity contribution in [3.05, 3.63) is 59.5 Å². The molecule has 1 aromatic carbocycles. The molecule has 25 heavy (non-hydrogen) atoms. The van der Waals surface area contributed by atoms with E-state index in [1.807, 2.05) is 37.4 Å². The maximum Gasteiger partial charge on any atom is 0.242 e. The largest absolute Gasteiger partial charge is 0.468 e. The zero-order chi connectivity index (χ0) is 17.6. The first-order chi connectivity index (χ1) is 12.1. The summed E-state index contributed by atoms with van der Waals surface area (Å²) in [6.45, 7) is 1.94. The second kappa shape index (κ2) is 7.98. The fourth-order valence-electron chi connectivity index (χ4n) is 3.02. The zero-order valence-corrected chi connectivity index (χ0v) is 14.3. The lowest BCUT2D eigenvalue weighted by Crippen LogP contribution is -2.41. The highest BCUT2D eigenvalue weighted by atomic mass is 16.3. The Balaban J connectivity index is 1.56. The van der Waals surface area contributed by atoms with Gasteiger partial charge >= 0.3 is 0 Å². The van der Waals surface area contributed by atoms with Crippen molar-refractivity contribution < 1.29 is 14.0 Å². The Bertz CT molecular complexity index is 727. The third-order valence-electron chi connectivity index (χ3n) is 4.33. The predicted molar refractivity (Wildman–Crippen MR) is 93.3 cm³/mol. The van der Waals surface area contributed by atoms with E-state index in [1.54, 1.807) is 6.26 Å². The van der Waals surface area contributed by atoms with Gasteiger partial charge in [-0.05, 0) is 36.7 Å². The monoisotopic (exact) mass is 341 g/mol. The molecule has 1 aliphatic heterocycles. The molecule has 0 saturated carbocycles. The van der Waals surface area contributed by atoms with Crippen molar-refractivity contribution in [2.75, 3.05) is 7.05 Å². The van der Waals surface area contributed by atoms with Crippen molar-refractivity contribution >= 4 is 11.8 Å². The Morgan fingerprint density at radius 2 is 2.04 bits per heavy atom. The summed E-state index contributed by atoms with van der Waals surface area (Å²) in [5.74, 6) is 0.745. The van der Waals surface area contributed by atoms with E-state index in [0.717, 1.165) is 30.0 Å². The topological polar surface area (TPSA) is 74.6 Å². The summed E-state index contributed by atoms with van der Waals surface area (Å²) < 4.78 is 5.38. The van der Waals surface area contributed by atoms with Crippen molar-refractivity contribution in [2.24, 2.45) is 0 Å². The molecule has 0 spiro atoms. The van der Waals surface area contributed by atoms with E-state index in [9.17, 15) is 9.59 Å². The van der Waals surface area contributed by atoms with Gasteiger partial charge in [0.25, 0.3) is 0 Å². The van der Waals surface area contributed by atoms with Crippen molar-refractivity contribution in [3.63, 3.8) is 0 Å². The number of hydrogen-bond acceptors (Lipinski definition) is 4. The summed E-state index contributed by atoms with van der Waals surface area (Å²) in [6, 6.07) is 11.5. The Kier molecular flexibility index (Phi) is 5.50. The molecule has 1 unspecified atom stereocenters. The predicted octanol–water partition coefficient (Wildman–Crippen LogP) is 1.81. The lowest BCUT2D eigenvalue weighted by atomic mass is 10.1. The highest BCUT2D eigenvalue weighted by Crippen LogP contribution is 2.14. The van der Waals surface area contributed by atoms with Gasteiger partial charge in [0.15, 0.2) is 0 Å². The summed E-state index contributed by atoms with van der Waals surface area (Å²) in [5.41, 5.74) is 2.23. The summed E-state index contributed by atoms with van der Waals surface area (Å²) in [4.78, 5) is 25.6. The van der Waals surface area contributed by atoms with Crippen molar-refractivity contribution in [1.29, 1.82) is 0 Å². The van der Waals surface area contributed by atoms with Gasteiger partial charge in [-0.2, -0.15) is 0 Å². The molecule has 0 bridgehead atoms. The van der Waals surface area contributed by atoms with Crippen molar-refractivity contribution in [2.45, 2.75) is 38.5 Å². The zero-order valence-electron chi connectivity index (χ0n) is 14.3. The van der Waals surface area contributed by atoms with E-state index in [-0.39, 0.29) is 11.8 Å². The van der Waals surface area contributed by atoms with Crippen LogP contribution in [0.5, 0.6) is 0 Å². The number of nitrogens with zero attached hydrogens (tertiary/aromatic N) is 1. The summed E-state index contributed by atoms with van der Waals surface area (Å²) in [7, 11) is 2.03. The molecular weight excluding hydrogens is 318 g/mol. The van der Waals surface area contributed by atoms with E-state index in [2.05, 4.69) is 21.6 Å². The standard InChI is InChI=1S/C19H23N3O3/c1-22(13-16-7-4-10-25-16)12-15-6-3-2-5-14(15)11-20-19(24)17-8-9-18(23)21-17/h2-7,10,17H,8-9,11-13H2,1H3,(H,20,24)(H,21,23). The molecule has 1 atom stereocenters. The number of furan rings is 1. The van der Waals surface area contributed by atoms with Gasteiger partial charge in [0.1, 0.15) is 11.8 Å². The molecular formula is C19H23N3O3. The summed E-state index contributed by atoms with van der Waals surface area (Å²) >= 11 is 0. The van der Waals surface area contributed by atoms with Gasteiger partial charge in [0, 0.05) is 19.5 Å². The number of rotatable bonds is 7. The van der Waals surface area contributed by atoms with Gasteiger partial charge in [-0.1, -0.05) is 24.3 Å². The number of carbonyl (C=O) groups is 2. The lowest BCUT2D eigenvalue weighted by molar-refractivity contribution is -0.125. The van der Waals surface area contributed by atoms with Crippen LogP contribution in [-0.4, -0.2) is 29.8 Å². The smallest absolute Gasteiger partial charge is 0.242 e. The Morgan fingerprint density at radius 1 is 1.24 bits per heavy atom. The molecule has 2 amide bonds. The average Bonchev–Trinajstić information content (AvgIpc) is 3.25. The van der Waals surface area contributed by atoms with Crippen LogP contribution >= 0.6 is 0 Å². The highest BCUT2D eigenvalue weighted by Gasteiger charge is 2.26. The second-order valence-electron chi connectivity index (χ2n) is 6.40. The molecule has 6 nitrogen and oxygen atoms in total. The first kappa shape index (κ1) is 17.2. The minimum absolute atomic E-state index is 0.0555. The van der Waals surface area contributed by atoms with Crippen LogP contribution in [0.4, 0.5) is 0 Å². The minimum atomic E-state index is -0.402. The second-order valence-corrected chi connectivity index (χ2v) is 6.40. The number of hydrogen-bond donors (Lipinski definition) is 2. The van der Waals surface area contributed by atoms with E-state index in [0.29, 0.717) is 19.4 Å². The van der Waals surface area contributed by atoms with Crippen LogP contribution in [0.15, 0.2) is 47.1 Å². The maximum absolute atomic E-state index is 12.2. The van der Waals surface area contributed by atoms with Gasteiger partial charge < -0.3 is 15.1 Å². The molecule has 2 N–H and O–H groups in total. The van der Waals surface area contributed by atoms with Crippen LogP contribution in [0.2, 0.25) is 0 Å². The third kappa shape index (κ3) is 4.70. The highest BCUT2D eigenvalue weighted by molar-refractivity contribution is 5.90. The normalized spacial score (nSPS) is 16.9. The van der Waals surface area contributed by atoms with Crippen LogP contribution in [0.25, 0.3) is 0 Å². The van der Waals surface area contributed by atoms with Crippen LogP contribution in [0.3, 0.4) is 0 Å². The van der Waals surface area contributed by atoms with E-state index < -0.39 is 6.04 Å². The molecule has 3 rings (SSSR count). The average molecular weight is 341 g/mol. The van der Waals surface area contributed by atoms with Gasteiger partial charge in [-0.15, -0.1) is 0 Å². The van der Waals surface area contributed by atoms with Gasteiger partial charge in [0.2, 0.25) is 11.8 Å². The van der Waals surface area contributed by atoms with Crippen molar-refractivity contribution in [1.82, 2.24) is 15.5 Å². The Labute approximate surface area is 147 Å². The van der Waals surface area contributed by atoms with Crippen LogP contribution in [0.1, 0.15) is 29.7 Å². The fraction of sp³-hybridized carbons (Fsp3) is 0.368. The van der Waals surface area contributed by atoms with Crippen LogP contribution < -0.4 is 10.6 Å². The molecule has 6 heteroatoms. The molecule has 2 heterocycles. The van der Waals surface area contributed by atoms with E-state index >= 15 is 0 Å². The minimum Gasteiger partial charge on any atom is -0.468 e. The number of nitrogens with one attached hydrogen (secondary N) is 2. The molecule has 0 aliphatic carbocycles. The first-order valence-electron chi connectivity index (χ1n) is 8.46. The molecule has 2 aromatic rings. The summed E-state index contributed by atoms with van der Waals surface area (Å²) in [5, 5.41) is 5.62. The number of carbonyl (C=O) groups excluding carboxylic acids is 2. The summed E-state index contributed by atoms with van der Waals surface area (Å²) in [6.07, 6.45) is 2.67. The van der Waals surface area contributed by atoms with Gasteiger partial charge in [-0.25, -0.2) is 0 Å². The van der Waals surface area contributed by atoms with E-state index in [1.165, 1.54) is 0 Å². The van der Waals surface area contributed by atoms with Crippen LogP contribution in [0, 0.1) is 0 Å². The lowest BCUT2D eigenvalue weighted by Gasteiger charge is -2.18. The van der Waals surface area contributed by atoms with Gasteiger partial charge in [-0.3, -0.25) is 14.5 Å². The molecule has 132 valence electrons. The molecule has 1 aliphatic rings. The quantitative estimate of drug-likeness (QED) is 0.805. The van der Waals surface area contributed by atoms with Crippen molar-refractivity contribution in [3.8, 4) is 0 Å². The first-order valence-corrected chi connectivity index (χ1v) is 8.46. The van der Waals surface area contributed by atoms with E-state index in [4.69, 9.17) is 4.42 Å². The molecule has 1 aromatic heterocycles. The van der Waals surface area contributed by atoms with Crippen LogP contribution in [-0.2, 0) is 29.2 Å². The Morgan fingerprint density at radius 3 is 2.72 bits per heavy atom. The van der Waals surface area contributed by atoms with Gasteiger partial charge in [0.05, 0.1) is 12.8 Å². The SMILES string of the molecule is CN(Cc1ccco1)Cc1ccccc1CNC(=O)C1CCC(=O)N1. The third-order valence-corrected chi connectivity index (χ3v) is 4.33. The molecule has 1 saturated heterocycles. The maximum atomic E-state index is 12.2. The number of benzene rings is 1. The molecule has 1 fully saturated rings.